The first-order valence-corrected chi connectivity index (χ1v) is 10.1. The molecule has 0 amide bonds. The molecule has 0 bridgehead atoms. The number of carboxylic acids is 1. The minimum Gasteiger partial charge on any atom is -0.481 e. The number of hydrogen-bond acceptors (Lipinski definition) is 3. The minimum atomic E-state index is -0.914. The molecular weight excluding hydrogens is 356 g/mol. The molecular formula is C23H26O3S. The van der Waals surface area contributed by atoms with Crippen LogP contribution in [0.4, 0.5) is 0 Å². The van der Waals surface area contributed by atoms with Crippen LogP contribution in [0.5, 0.6) is 0 Å². The van der Waals surface area contributed by atoms with E-state index in [1.165, 1.54) is 0 Å². The summed E-state index contributed by atoms with van der Waals surface area (Å²) in [5.74, 6) is -1.63. The van der Waals surface area contributed by atoms with E-state index in [9.17, 15) is 14.7 Å². The average Bonchev–Trinajstić information content (AvgIpc) is 2.69. The third-order valence-electron chi connectivity index (χ3n) is 5.52. The van der Waals surface area contributed by atoms with E-state index < -0.39 is 16.6 Å². The molecule has 27 heavy (non-hydrogen) atoms. The number of Topliss-reactive ketones (excluding diaryl/α,β-unsaturated/α-hetero) is 1. The minimum absolute atomic E-state index is 0.0150. The van der Waals surface area contributed by atoms with Gasteiger partial charge >= 0.3 is 5.97 Å². The number of aliphatic carboxylic acids is 1. The van der Waals surface area contributed by atoms with Crippen LogP contribution in [0.25, 0.3) is 11.1 Å². The molecule has 0 spiro atoms. The molecule has 4 heteroatoms. The van der Waals surface area contributed by atoms with Gasteiger partial charge in [-0.25, -0.2) is 0 Å². The Kier molecular flexibility index (Phi) is 6.38. The van der Waals surface area contributed by atoms with Crippen LogP contribution in [0.2, 0.25) is 0 Å². The van der Waals surface area contributed by atoms with Gasteiger partial charge in [0.2, 0.25) is 0 Å². The molecule has 1 N–H and O–H groups in total. The molecule has 1 aliphatic carbocycles. The molecule has 0 heterocycles. The van der Waals surface area contributed by atoms with Crippen molar-refractivity contribution in [2.75, 3.05) is 0 Å². The van der Waals surface area contributed by atoms with E-state index in [-0.39, 0.29) is 12.2 Å². The van der Waals surface area contributed by atoms with Gasteiger partial charge in [-0.15, -0.1) is 0 Å². The van der Waals surface area contributed by atoms with Crippen molar-refractivity contribution in [1.29, 1.82) is 0 Å². The third-order valence-corrected chi connectivity index (χ3v) is 6.22. The molecule has 2 aromatic carbocycles. The number of hydrogen-bond donors (Lipinski definition) is 2. The molecule has 3 nitrogen and oxygen atoms in total. The third kappa shape index (κ3) is 5.01. The molecule has 2 aromatic rings. The van der Waals surface area contributed by atoms with Gasteiger partial charge in [-0.2, -0.15) is 12.6 Å². The van der Waals surface area contributed by atoms with E-state index in [0.717, 1.165) is 48.8 Å². The van der Waals surface area contributed by atoms with Crippen LogP contribution in [-0.4, -0.2) is 21.6 Å². The number of ketones is 1. The maximum atomic E-state index is 12.7. The van der Waals surface area contributed by atoms with Gasteiger partial charge in [0.25, 0.3) is 0 Å². The first-order chi connectivity index (χ1) is 13.0. The summed E-state index contributed by atoms with van der Waals surface area (Å²) in [6.45, 7) is 0. The number of carbonyl (C=O) groups excluding carboxylic acids is 1. The lowest BCUT2D eigenvalue weighted by atomic mass is 9.81. The van der Waals surface area contributed by atoms with Gasteiger partial charge in [-0.05, 0) is 36.0 Å². The van der Waals surface area contributed by atoms with Crippen molar-refractivity contribution in [2.45, 2.75) is 49.7 Å². The number of carboxylic acid groups (broad SMARTS) is 1. The molecule has 3 rings (SSSR count). The predicted molar refractivity (Wildman–Crippen MR) is 111 cm³/mol. The first kappa shape index (κ1) is 19.7. The lowest BCUT2D eigenvalue weighted by molar-refractivity contribution is -0.144. The lowest BCUT2D eigenvalue weighted by Gasteiger charge is -2.31. The second kappa shape index (κ2) is 8.75. The summed E-state index contributed by atoms with van der Waals surface area (Å²) >= 11 is 4.63. The van der Waals surface area contributed by atoms with Crippen LogP contribution in [0.3, 0.4) is 0 Å². The van der Waals surface area contributed by atoms with Gasteiger partial charge < -0.3 is 5.11 Å². The van der Waals surface area contributed by atoms with Crippen LogP contribution < -0.4 is 0 Å². The highest BCUT2D eigenvalue weighted by Crippen LogP contribution is 2.36. The topological polar surface area (TPSA) is 54.4 Å². The van der Waals surface area contributed by atoms with Crippen LogP contribution >= 0.6 is 12.6 Å². The maximum Gasteiger partial charge on any atom is 0.307 e. The molecule has 1 aliphatic rings. The molecule has 1 saturated carbocycles. The summed E-state index contributed by atoms with van der Waals surface area (Å²) in [5, 5.41) is 9.62. The molecule has 0 radical (unpaired) electrons. The van der Waals surface area contributed by atoms with Crippen molar-refractivity contribution in [2.24, 2.45) is 5.92 Å². The second-order valence-corrected chi connectivity index (χ2v) is 8.38. The average molecular weight is 383 g/mol. The standard InChI is InChI=1S/C23H26O3S/c24-21(23(27)13-5-2-6-14-23)16-20(22(25)26)15-17-9-11-19(12-10-17)18-7-3-1-4-8-18/h1,3-4,7-12,20,27H,2,5-6,13-16H2,(H,25,26). The van der Waals surface area contributed by atoms with Crippen LogP contribution in [-0.2, 0) is 16.0 Å². The predicted octanol–water partition coefficient (Wildman–Crippen LogP) is 5.19. The molecule has 1 unspecified atom stereocenters. The fourth-order valence-electron chi connectivity index (χ4n) is 3.82. The molecule has 142 valence electrons. The summed E-state index contributed by atoms with van der Waals surface area (Å²) in [4.78, 5) is 24.5. The zero-order valence-corrected chi connectivity index (χ0v) is 16.3. The van der Waals surface area contributed by atoms with Crippen molar-refractivity contribution in [3.05, 3.63) is 60.2 Å². The van der Waals surface area contributed by atoms with Crippen LogP contribution in [0, 0.1) is 5.92 Å². The van der Waals surface area contributed by atoms with E-state index >= 15 is 0 Å². The Labute approximate surface area is 166 Å². The first-order valence-electron chi connectivity index (χ1n) is 9.61. The molecule has 1 atom stereocenters. The fraction of sp³-hybridized carbons (Fsp3) is 0.391. The van der Waals surface area contributed by atoms with Gasteiger partial charge in [-0.1, -0.05) is 73.9 Å². The van der Waals surface area contributed by atoms with E-state index in [1.807, 2.05) is 54.6 Å². The van der Waals surface area contributed by atoms with Crippen molar-refractivity contribution in [1.82, 2.24) is 0 Å². The van der Waals surface area contributed by atoms with Crippen molar-refractivity contribution in [3.8, 4) is 11.1 Å². The van der Waals surface area contributed by atoms with Gasteiger partial charge in [0.1, 0.15) is 5.78 Å². The zero-order valence-electron chi connectivity index (χ0n) is 15.4. The number of rotatable bonds is 7. The van der Waals surface area contributed by atoms with Crippen LogP contribution in [0.15, 0.2) is 54.6 Å². The largest absolute Gasteiger partial charge is 0.481 e. The fourth-order valence-corrected chi connectivity index (χ4v) is 4.23. The summed E-state index contributed by atoms with van der Waals surface area (Å²) in [6, 6.07) is 18.0. The highest BCUT2D eigenvalue weighted by atomic mass is 32.1. The summed E-state index contributed by atoms with van der Waals surface area (Å²) in [7, 11) is 0. The lowest BCUT2D eigenvalue weighted by Crippen LogP contribution is -2.37. The number of thiol groups is 1. The van der Waals surface area contributed by atoms with Gasteiger partial charge in [0.15, 0.2) is 0 Å². The van der Waals surface area contributed by atoms with Crippen molar-refractivity contribution in [3.63, 3.8) is 0 Å². The highest BCUT2D eigenvalue weighted by molar-refractivity contribution is 7.82. The Morgan fingerprint density at radius 1 is 0.926 bits per heavy atom. The molecule has 0 aromatic heterocycles. The molecule has 1 fully saturated rings. The Bertz CT molecular complexity index is 777. The summed E-state index contributed by atoms with van der Waals surface area (Å²) < 4.78 is -0.636. The van der Waals surface area contributed by atoms with Crippen molar-refractivity contribution >= 4 is 24.4 Å². The summed E-state index contributed by atoms with van der Waals surface area (Å²) in [5.41, 5.74) is 3.16. The molecule has 0 aliphatic heterocycles. The van der Waals surface area contributed by atoms with Gasteiger partial charge in [0.05, 0.1) is 10.7 Å². The number of benzene rings is 2. The normalized spacial score (nSPS) is 17.2. The summed E-state index contributed by atoms with van der Waals surface area (Å²) in [6.07, 6.45) is 5.05. The SMILES string of the molecule is O=C(O)C(CC(=O)C1(S)CCCCC1)Cc1ccc(-c2ccccc2)cc1. The highest BCUT2D eigenvalue weighted by Gasteiger charge is 2.37. The second-order valence-electron chi connectivity index (χ2n) is 7.52. The van der Waals surface area contributed by atoms with Crippen molar-refractivity contribution < 1.29 is 14.7 Å². The Morgan fingerprint density at radius 3 is 2.11 bits per heavy atom. The van der Waals surface area contributed by atoms with E-state index in [1.54, 1.807) is 0 Å². The zero-order chi connectivity index (χ0) is 19.3. The quantitative estimate of drug-likeness (QED) is 0.648. The van der Waals surface area contributed by atoms with E-state index in [4.69, 9.17) is 0 Å². The van der Waals surface area contributed by atoms with E-state index in [2.05, 4.69) is 12.6 Å². The monoisotopic (exact) mass is 382 g/mol. The van der Waals surface area contributed by atoms with E-state index in [0.29, 0.717) is 6.42 Å². The number of carbonyl (C=O) groups is 2. The van der Waals surface area contributed by atoms with Gasteiger partial charge in [-0.3, -0.25) is 9.59 Å². The van der Waals surface area contributed by atoms with Gasteiger partial charge in [0, 0.05) is 6.42 Å². The Morgan fingerprint density at radius 2 is 1.52 bits per heavy atom. The Balaban J connectivity index is 1.67. The smallest absolute Gasteiger partial charge is 0.307 e. The molecule has 0 saturated heterocycles. The maximum absolute atomic E-state index is 12.7. The Hall–Kier alpha value is -2.07. The van der Waals surface area contributed by atoms with Crippen LogP contribution in [0.1, 0.15) is 44.1 Å².